The Balaban J connectivity index is 1.49. The van der Waals surface area contributed by atoms with E-state index in [0.717, 1.165) is 12.6 Å². The van der Waals surface area contributed by atoms with Crippen LogP contribution in [0.25, 0.3) is 10.4 Å². The highest BCUT2D eigenvalue weighted by Crippen LogP contribution is 2.30. The summed E-state index contributed by atoms with van der Waals surface area (Å²) >= 11 is 1.96. The molecule has 21 heavy (non-hydrogen) atoms. The largest absolute Gasteiger partial charge is 0.302 e. The zero-order valence-electron chi connectivity index (χ0n) is 12.4. The molecule has 2 nitrogen and oxygen atoms in total. The maximum atomic E-state index is 2.72. The molecule has 0 atom stereocenters. The van der Waals surface area contributed by atoms with Gasteiger partial charge in [0.05, 0.1) is 0 Å². The second kappa shape index (κ2) is 5.91. The van der Waals surface area contributed by atoms with Crippen molar-refractivity contribution in [1.82, 2.24) is 9.80 Å². The molecule has 0 unspecified atom stereocenters. The Hall–Kier alpha value is -1.16. The molecular weight excluding hydrogens is 276 g/mol. The number of fused-ring (bicyclic) bond motifs is 4. The summed E-state index contributed by atoms with van der Waals surface area (Å²) in [4.78, 5) is 8.25. The lowest BCUT2D eigenvalue weighted by molar-refractivity contribution is 0.178. The van der Waals surface area contributed by atoms with E-state index in [9.17, 15) is 0 Å². The number of hydrogen-bond acceptors (Lipinski definition) is 3. The Kier molecular flexibility index (Phi) is 3.80. The van der Waals surface area contributed by atoms with Gasteiger partial charge in [-0.2, -0.15) is 0 Å². The highest BCUT2D eigenvalue weighted by molar-refractivity contribution is 7.15. The number of benzene rings is 1. The van der Waals surface area contributed by atoms with Crippen molar-refractivity contribution >= 4 is 11.3 Å². The molecule has 2 aromatic rings. The van der Waals surface area contributed by atoms with Gasteiger partial charge in [-0.25, -0.2) is 0 Å². The van der Waals surface area contributed by atoms with Gasteiger partial charge in [-0.3, -0.25) is 4.90 Å². The molecular formula is C18H22N2S. The Bertz CT molecular complexity index is 584. The third-order valence-corrected chi connectivity index (χ3v) is 5.97. The van der Waals surface area contributed by atoms with E-state index in [1.165, 1.54) is 54.3 Å². The van der Waals surface area contributed by atoms with Crippen LogP contribution in [0.15, 0.2) is 42.5 Å². The van der Waals surface area contributed by atoms with Gasteiger partial charge in [-0.1, -0.05) is 30.3 Å². The Labute approximate surface area is 131 Å². The van der Waals surface area contributed by atoms with Gasteiger partial charge in [0.2, 0.25) is 0 Å². The smallest absolute Gasteiger partial charge is 0.0346 e. The molecule has 0 aliphatic carbocycles. The zero-order valence-corrected chi connectivity index (χ0v) is 13.2. The van der Waals surface area contributed by atoms with Crippen LogP contribution in [0.3, 0.4) is 0 Å². The van der Waals surface area contributed by atoms with E-state index in [1.54, 1.807) is 0 Å². The molecule has 0 saturated carbocycles. The molecule has 3 fully saturated rings. The van der Waals surface area contributed by atoms with Crippen molar-refractivity contribution in [3.05, 3.63) is 47.3 Å². The highest BCUT2D eigenvalue weighted by atomic mass is 32.1. The molecule has 0 radical (unpaired) electrons. The molecule has 1 aromatic carbocycles. The first-order valence-corrected chi connectivity index (χ1v) is 8.81. The van der Waals surface area contributed by atoms with Gasteiger partial charge in [0.15, 0.2) is 0 Å². The summed E-state index contributed by atoms with van der Waals surface area (Å²) in [5, 5.41) is 0. The maximum Gasteiger partial charge on any atom is 0.0346 e. The quantitative estimate of drug-likeness (QED) is 0.852. The third-order valence-electron chi connectivity index (χ3n) is 4.86. The van der Waals surface area contributed by atoms with Gasteiger partial charge < -0.3 is 4.90 Å². The minimum atomic E-state index is 0.811. The number of rotatable bonds is 3. The van der Waals surface area contributed by atoms with Crippen molar-refractivity contribution in [2.24, 2.45) is 0 Å². The third kappa shape index (κ3) is 2.91. The van der Waals surface area contributed by atoms with Crippen LogP contribution < -0.4 is 0 Å². The second-order valence-electron chi connectivity index (χ2n) is 6.18. The summed E-state index contributed by atoms with van der Waals surface area (Å²) in [6.07, 6.45) is 2.72. The van der Waals surface area contributed by atoms with E-state index < -0.39 is 0 Å². The van der Waals surface area contributed by atoms with Gasteiger partial charge in [0.25, 0.3) is 0 Å². The fourth-order valence-corrected chi connectivity index (χ4v) is 4.63. The minimum absolute atomic E-state index is 0.811. The Morgan fingerprint density at radius 1 is 0.905 bits per heavy atom. The number of piperidine rings is 1. The molecule has 5 rings (SSSR count). The van der Waals surface area contributed by atoms with Crippen LogP contribution >= 0.6 is 11.3 Å². The molecule has 110 valence electrons. The van der Waals surface area contributed by atoms with E-state index >= 15 is 0 Å². The SMILES string of the molecule is c1ccc(-c2ccc(CN3CCN4CCC3CC4)s2)cc1. The normalized spacial score (nSPS) is 25.9. The van der Waals surface area contributed by atoms with Crippen LogP contribution in [0, 0.1) is 0 Å². The van der Waals surface area contributed by atoms with Gasteiger partial charge in [-0.15, -0.1) is 11.3 Å². The average molecular weight is 298 g/mol. The standard InChI is InChI=1S/C18H22N2S/c1-2-4-15(5-3-1)18-7-6-17(21-18)14-20-13-12-19-10-8-16(20)9-11-19/h1-7,16H,8-14H2. The van der Waals surface area contributed by atoms with Crippen molar-refractivity contribution in [2.45, 2.75) is 25.4 Å². The summed E-state index contributed by atoms with van der Waals surface area (Å²) in [5.74, 6) is 0. The predicted octanol–water partition coefficient (Wildman–Crippen LogP) is 3.70. The molecule has 3 saturated heterocycles. The lowest BCUT2D eigenvalue weighted by Crippen LogP contribution is -2.37. The van der Waals surface area contributed by atoms with Gasteiger partial charge in [-0.05, 0) is 43.6 Å². The molecule has 2 bridgehead atoms. The first kappa shape index (κ1) is 13.5. The second-order valence-corrected chi connectivity index (χ2v) is 7.34. The fourth-order valence-electron chi connectivity index (χ4n) is 3.59. The fraction of sp³-hybridized carbons (Fsp3) is 0.444. The lowest BCUT2D eigenvalue weighted by atomic mass is 10.1. The summed E-state index contributed by atoms with van der Waals surface area (Å²) in [6.45, 7) is 6.24. The van der Waals surface area contributed by atoms with Gasteiger partial charge >= 0.3 is 0 Å². The van der Waals surface area contributed by atoms with E-state index in [4.69, 9.17) is 0 Å². The van der Waals surface area contributed by atoms with Gasteiger partial charge in [0, 0.05) is 35.4 Å². The highest BCUT2D eigenvalue weighted by Gasteiger charge is 2.28. The van der Waals surface area contributed by atoms with Crippen molar-refractivity contribution in [2.75, 3.05) is 26.2 Å². The molecule has 4 heterocycles. The number of hydrogen-bond donors (Lipinski definition) is 0. The zero-order chi connectivity index (χ0) is 14.1. The van der Waals surface area contributed by atoms with Crippen molar-refractivity contribution in [1.29, 1.82) is 0 Å². The van der Waals surface area contributed by atoms with Gasteiger partial charge in [0.1, 0.15) is 0 Å². The minimum Gasteiger partial charge on any atom is -0.302 e. The molecule has 0 spiro atoms. The summed E-state index contributed by atoms with van der Waals surface area (Å²) < 4.78 is 0. The van der Waals surface area contributed by atoms with E-state index in [0.29, 0.717) is 0 Å². The predicted molar refractivity (Wildman–Crippen MR) is 89.6 cm³/mol. The van der Waals surface area contributed by atoms with E-state index in [-0.39, 0.29) is 0 Å². The Morgan fingerprint density at radius 2 is 1.71 bits per heavy atom. The monoisotopic (exact) mass is 298 g/mol. The summed E-state index contributed by atoms with van der Waals surface area (Å²) in [7, 11) is 0. The molecule has 0 N–H and O–H groups in total. The molecule has 3 aliphatic rings. The van der Waals surface area contributed by atoms with Crippen molar-refractivity contribution in [3.8, 4) is 10.4 Å². The van der Waals surface area contributed by atoms with Crippen molar-refractivity contribution < 1.29 is 0 Å². The van der Waals surface area contributed by atoms with Crippen LogP contribution in [0.1, 0.15) is 17.7 Å². The van der Waals surface area contributed by atoms with Crippen LogP contribution in [-0.2, 0) is 6.54 Å². The number of nitrogens with zero attached hydrogens (tertiary/aromatic N) is 2. The topological polar surface area (TPSA) is 6.48 Å². The molecule has 1 aromatic heterocycles. The molecule has 0 amide bonds. The summed E-state index contributed by atoms with van der Waals surface area (Å²) in [6, 6.07) is 16.2. The molecule has 3 aliphatic heterocycles. The van der Waals surface area contributed by atoms with Crippen LogP contribution in [0.4, 0.5) is 0 Å². The van der Waals surface area contributed by atoms with E-state index in [1.807, 2.05) is 11.3 Å². The first-order valence-electron chi connectivity index (χ1n) is 7.99. The summed E-state index contributed by atoms with van der Waals surface area (Å²) in [5.41, 5.74) is 1.34. The maximum absolute atomic E-state index is 2.72. The Morgan fingerprint density at radius 3 is 2.52 bits per heavy atom. The lowest BCUT2D eigenvalue weighted by Gasteiger charge is -2.31. The van der Waals surface area contributed by atoms with Crippen LogP contribution in [0.5, 0.6) is 0 Å². The van der Waals surface area contributed by atoms with Crippen LogP contribution in [0.2, 0.25) is 0 Å². The average Bonchev–Trinajstić information content (AvgIpc) is 2.84. The number of thiophene rings is 1. The molecule has 3 heteroatoms. The van der Waals surface area contributed by atoms with Crippen LogP contribution in [-0.4, -0.2) is 42.0 Å². The van der Waals surface area contributed by atoms with Crippen molar-refractivity contribution in [3.63, 3.8) is 0 Å². The first-order chi connectivity index (χ1) is 10.4. The van der Waals surface area contributed by atoms with E-state index in [2.05, 4.69) is 52.3 Å².